The van der Waals surface area contributed by atoms with Crippen molar-refractivity contribution >= 4 is 17.4 Å². The van der Waals surface area contributed by atoms with Crippen LogP contribution in [0.2, 0.25) is 0 Å². The maximum Gasteiger partial charge on any atom is 0.306 e. The molecule has 0 atom stereocenters. The quantitative estimate of drug-likeness (QED) is 0.660. The van der Waals surface area contributed by atoms with Crippen LogP contribution in [0, 0.1) is 17.3 Å². The van der Waals surface area contributed by atoms with E-state index in [0.29, 0.717) is 37.6 Å². The number of carbonyl (C=O) groups is 2. The average molecular weight is 400 g/mol. The van der Waals surface area contributed by atoms with Gasteiger partial charge in [0, 0.05) is 29.8 Å². The molecule has 0 bridgehead atoms. The molecule has 0 aromatic heterocycles. The van der Waals surface area contributed by atoms with Crippen molar-refractivity contribution in [3.63, 3.8) is 0 Å². The zero-order valence-corrected chi connectivity index (χ0v) is 17.2. The Hall–Kier alpha value is -1.92. The first-order valence-electron chi connectivity index (χ1n) is 11.1. The van der Waals surface area contributed by atoms with Gasteiger partial charge < -0.3 is 20.6 Å². The summed E-state index contributed by atoms with van der Waals surface area (Å²) in [6.07, 6.45) is 5.23. The van der Waals surface area contributed by atoms with Crippen molar-refractivity contribution in [2.24, 2.45) is 17.3 Å². The van der Waals surface area contributed by atoms with Gasteiger partial charge in [-0.3, -0.25) is 9.59 Å². The molecule has 0 spiro atoms. The van der Waals surface area contributed by atoms with Gasteiger partial charge in [-0.05, 0) is 82.8 Å². The van der Waals surface area contributed by atoms with E-state index < -0.39 is 5.97 Å². The summed E-state index contributed by atoms with van der Waals surface area (Å²) < 4.78 is 0. The first kappa shape index (κ1) is 20.4. The van der Waals surface area contributed by atoms with Gasteiger partial charge in [0.2, 0.25) is 0 Å². The van der Waals surface area contributed by atoms with Gasteiger partial charge in [0.1, 0.15) is 0 Å². The highest BCUT2D eigenvalue weighted by atomic mass is 16.4. The number of anilines is 1. The smallest absolute Gasteiger partial charge is 0.306 e. The van der Waals surface area contributed by atoms with Crippen LogP contribution < -0.4 is 15.5 Å². The molecule has 4 rings (SSSR count). The molecule has 3 aliphatic rings. The van der Waals surface area contributed by atoms with E-state index in [0.717, 1.165) is 63.1 Å². The fraction of sp³-hybridized carbons (Fsp3) is 0.652. The molecule has 0 aliphatic carbocycles. The lowest BCUT2D eigenvalue weighted by Crippen LogP contribution is -2.50. The minimum absolute atomic E-state index is 0.264. The molecule has 29 heavy (non-hydrogen) atoms. The molecule has 3 saturated heterocycles. The van der Waals surface area contributed by atoms with Gasteiger partial charge in [0.25, 0.3) is 0 Å². The number of Topliss-reactive ketones (excluding diaryl/α,β-unsaturated/α-hetero) is 1. The average Bonchev–Trinajstić information content (AvgIpc) is 2.79. The molecular weight excluding hydrogens is 366 g/mol. The van der Waals surface area contributed by atoms with Crippen molar-refractivity contribution in [1.82, 2.24) is 10.6 Å². The summed E-state index contributed by atoms with van der Waals surface area (Å²) in [7, 11) is 0. The number of ketones is 1. The van der Waals surface area contributed by atoms with Crippen molar-refractivity contribution < 1.29 is 14.7 Å². The number of hydrogen-bond acceptors (Lipinski definition) is 5. The van der Waals surface area contributed by atoms with E-state index in [1.807, 2.05) is 24.3 Å². The van der Waals surface area contributed by atoms with E-state index in [-0.39, 0.29) is 11.3 Å². The van der Waals surface area contributed by atoms with Crippen LogP contribution in [0.3, 0.4) is 0 Å². The minimum Gasteiger partial charge on any atom is -0.481 e. The highest BCUT2D eigenvalue weighted by molar-refractivity contribution is 6.05. The van der Waals surface area contributed by atoms with Crippen molar-refractivity contribution in [3.05, 3.63) is 29.8 Å². The highest BCUT2D eigenvalue weighted by Gasteiger charge is 2.47. The maximum atomic E-state index is 14.1. The zero-order valence-electron chi connectivity index (χ0n) is 17.2. The number of rotatable bonds is 5. The van der Waals surface area contributed by atoms with E-state index in [9.17, 15) is 14.7 Å². The van der Waals surface area contributed by atoms with Gasteiger partial charge in [-0.2, -0.15) is 0 Å². The monoisotopic (exact) mass is 399 g/mol. The van der Waals surface area contributed by atoms with Gasteiger partial charge in [-0.15, -0.1) is 0 Å². The normalized spacial score (nSPS) is 23.7. The van der Waals surface area contributed by atoms with E-state index in [1.165, 1.54) is 0 Å². The number of benzene rings is 1. The topological polar surface area (TPSA) is 81.7 Å². The summed E-state index contributed by atoms with van der Waals surface area (Å²) in [4.78, 5) is 27.6. The number of carboxylic acid groups (broad SMARTS) is 1. The molecule has 3 fully saturated rings. The Kier molecular flexibility index (Phi) is 6.20. The molecule has 0 unspecified atom stereocenters. The van der Waals surface area contributed by atoms with Crippen LogP contribution >= 0.6 is 0 Å². The number of carboxylic acids is 1. The van der Waals surface area contributed by atoms with Gasteiger partial charge in [0.15, 0.2) is 5.78 Å². The largest absolute Gasteiger partial charge is 0.481 e. The lowest BCUT2D eigenvalue weighted by Gasteiger charge is -2.45. The molecule has 3 heterocycles. The molecule has 0 saturated carbocycles. The van der Waals surface area contributed by atoms with Crippen molar-refractivity contribution in [2.75, 3.05) is 44.2 Å². The van der Waals surface area contributed by atoms with Crippen molar-refractivity contribution in [3.8, 4) is 0 Å². The summed E-state index contributed by atoms with van der Waals surface area (Å²) in [6, 6.07) is 8.00. The number of hydrogen-bond donors (Lipinski definition) is 3. The number of piperidine rings is 3. The number of aliphatic carboxylic acids is 1. The summed E-state index contributed by atoms with van der Waals surface area (Å²) in [5.41, 5.74) is 1.55. The second kappa shape index (κ2) is 8.84. The molecule has 3 aliphatic heterocycles. The Bertz CT molecular complexity index is 731. The van der Waals surface area contributed by atoms with Crippen LogP contribution in [0.25, 0.3) is 0 Å². The van der Waals surface area contributed by atoms with Crippen LogP contribution in [-0.2, 0) is 4.79 Å². The molecule has 6 nitrogen and oxygen atoms in total. The number of nitrogens with one attached hydrogen (secondary N) is 2. The minimum atomic E-state index is -0.700. The molecular formula is C23H33N3O3. The third kappa shape index (κ3) is 4.05. The highest BCUT2D eigenvalue weighted by Crippen LogP contribution is 2.45. The molecule has 0 amide bonds. The Morgan fingerprint density at radius 3 is 2.21 bits per heavy atom. The third-order valence-corrected chi connectivity index (χ3v) is 7.40. The Labute approximate surface area is 173 Å². The van der Waals surface area contributed by atoms with Crippen LogP contribution in [0.5, 0.6) is 0 Å². The Morgan fingerprint density at radius 1 is 0.931 bits per heavy atom. The number of para-hydroxylation sites is 1. The van der Waals surface area contributed by atoms with Crippen molar-refractivity contribution in [1.29, 1.82) is 0 Å². The first-order chi connectivity index (χ1) is 14.1. The van der Waals surface area contributed by atoms with Gasteiger partial charge in [-0.1, -0.05) is 12.1 Å². The maximum absolute atomic E-state index is 14.1. The number of carbonyl (C=O) groups excluding carboxylic acids is 1. The molecule has 1 aromatic rings. The van der Waals surface area contributed by atoms with Gasteiger partial charge in [0.05, 0.1) is 5.92 Å². The molecule has 6 heteroatoms. The summed E-state index contributed by atoms with van der Waals surface area (Å²) >= 11 is 0. The van der Waals surface area contributed by atoms with E-state index in [1.54, 1.807) is 0 Å². The van der Waals surface area contributed by atoms with Gasteiger partial charge in [-0.25, -0.2) is 0 Å². The first-order valence-corrected chi connectivity index (χ1v) is 11.1. The fourth-order valence-corrected chi connectivity index (χ4v) is 5.65. The van der Waals surface area contributed by atoms with Crippen molar-refractivity contribution in [2.45, 2.75) is 38.5 Å². The Balaban J connectivity index is 1.61. The van der Waals surface area contributed by atoms with Gasteiger partial charge >= 0.3 is 5.97 Å². The zero-order chi connectivity index (χ0) is 20.3. The fourth-order valence-electron chi connectivity index (χ4n) is 5.65. The summed E-state index contributed by atoms with van der Waals surface area (Å²) in [6.45, 7) is 5.20. The standard InChI is InChI=1S/C23H33N3O3/c27-21(23(9-13-25-14-10-23)18-5-11-24-12-6-18)19-3-1-2-4-20(19)26-15-7-17(8-16-26)22(28)29/h1-4,17-18,24-25H,5-16H2,(H,28,29). The second-order valence-electron chi connectivity index (χ2n) is 8.88. The van der Waals surface area contributed by atoms with E-state index in [4.69, 9.17) is 0 Å². The SMILES string of the molecule is O=C(O)C1CCN(c2ccccc2C(=O)C2(C3CCNCC3)CCNCC2)CC1. The summed E-state index contributed by atoms with van der Waals surface area (Å²) in [5.74, 6) is -0.223. The molecule has 3 N–H and O–H groups in total. The third-order valence-electron chi connectivity index (χ3n) is 7.40. The van der Waals surface area contributed by atoms with Crippen LogP contribution in [-0.4, -0.2) is 56.1 Å². The lowest BCUT2D eigenvalue weighted by atomic mass is 9.62. The number of nitrogens with zero attached hydrogens (tertiary/aromatic N) is 1. The molecule has 1 aromatic carbocycles. The van der Waals surface area contributed by atoms with E-state index in [2.05, 4.69) is 15.5 Å². The predicted octanol–water partition coefficient (Wildman–Crippen LogP) is 2.54. The Morgan fingerprint density at radius 2 is 1.55 bits per heavy atom. The predicted molar refractivity (Wildman–Crippen MR) is 113 cm³/mol. The second-order valence-corrected chi connectivity index (χ2v) is 8.88. The molecule has 158 valence electrons. The summed E-state index contributed by atoms with van der Waals surface area (Å²) in [5, 5.41) is 16.2. The van der Waals surface area contributed by atoms with Crippen LogP contribution in [0.4, 0.5) is 5.69 Å². The van der Waals surface area contributed by atoms with E-state index >= 15 is 0 Å². The van der Waals surface area contributed by atoms with Crippen LogP contribution in [0.1, 0.15) is 48.9 Å². The molecule has 0 radical (unpaired) electrons. The lowest BCUT2D eigenvalue weighted by molar-refractivity contribution is -0.142. The van der Waals surface area contributed by atoms with Crippen LogP contribution in [0.15, 0.2) is 24.3 Å².